The van der Waals surface area contributed by atoms with Crippen molar-refractivity contribution < 1.29 is 44.7 Å². The predicted molar refractivity (Wildman–Crippen MR) is 71.4 cm³/mol. The molecule has 2 amide bonds. The molecule has 0 aliphatic carbocycles. The van der Waals surface area contributed by atoms with Gasteiger partial charge in [0.25, 0.3) is 11.8 Å². The van der Waals surface area contributed by atoms with Gasteiger partial charge in [0.15, 0.2) is 0 Å². The average Bonchev–Trinajstić information content (AvgIpc) is 3.25. The monoisotopic (exact) mass is 396 g/mol. The van der Waals surface area contributed by atoms with Gasteiger partial charge in [0, 0.05) is 26.2 Å². The van der Waals surface area contributed by atoms with Gasteiger partial charge in [0.1, 0.15) is 0 Å². The lowest BCUT2D eigenvalue weighted by atomic mass is 9.96. The Hall–Kier alpha value is -1.62. The van der Waals surface area contributed by atoms with Gasteiger partial charge < -0.3 is 9.80 Å². The van der Waals surface area contributed by atoms with Crippen molar-refractivity contribution in [1.29, 1.82) is 0 Å². The average molecular weight is 396 g/mol. The van der Waals surface area contributed by atoms with E-state index in [-0.39, 0.29) is 61.7 Å². The first-order valence-electron chi connectivity index (χ1n) is 7.88. The highest BCUT2D eigenvalue weighted by Crippen LogP contribution is 2.53. The second kappa shape index (κ2) is 6.52. The maximum atomic E-state index is 13.8. The van der Waals surface area contributed by atoms with Crippen molar-refractivity contribution in [3.8, 4) is 0 Å². The van der Waals surface area contributed by atoms with Crippen LogP contribution in [0.4, 0.5) is 35.1 Å². The second-order valence-corrected chi connectivity index (χ2v) is 6.30. The molecule has 4 nitrogen and oxygen atoms in total. The topological polar surface area (TPSA) is 40.6 Å². The van der Waals surface area contributed by atoms with Crippen molar-refractivity contribution in [3.05, 3.63) is 0 Å². The van der Waals surface area contributed by atoms with Crippen LogP contribution in [0.5, 0.6) is 0 Å². The van der Waals surface area contributed by atoms with Crippen LogP contribution in [-0.4, -0.2) is 71.5 Å². The van der Waals surface area contributed by atoms with E-state index >= 15 is 0 Å². The molecule has 0 bridgehead atoms. The van der Waals surface area contributed by atoms with Crippen LogP contribution in [0.25, 0.3) is 0 Å². The standard InChI is InChI=1S/C14H16F8N2O2/c15-11(16,9(25)23-5-1-2-6-23)13(19,20)14(21,22)12(17,18)10(26)24-7-3-4-8-24/h1-8H2. The van der Waals surface area contributed by atoms with Gasteiger partial charge in [-0.05, 0) is 25.7 Å². The number of carbonyl (C=O) groups excluding carboxylic acids is 2. The fourth-order valence-electron chi connectivity index (χ4n) is 2.90. The third kappa shape index (κ3) is 2.90. The Morgan fingerprint density at radius 3 is 1.00 bits per heavy atom. The van der Waals surface area contributed by atoms with Crippen LogP contribution in [0.1, 0.15) is 25.7 Å². The summed E-state index contributed by atoms with van der Waals surface area (Å²) >= 11 is 0. The van der Waals surface area contributed by atoms with Crippen LogP contribution >= 0.6 is 0 Å². The summed E-state index contributed by atoms with van der Waals surface area (Å²) in [5.41, 5.74) is 0. The normalized spacial score (nSPS) is 20.0. The van der Waals surface area contributed by atoms with E-state index < -0.39 is 35.5 Å². The van der Waals surface area contributed by atoms with Crippen molar-refractivity contribution in [1.82, 2.24) is 9.80 Å². The molecule has 2 aliphatic rings. The fourth-order valence-corrected chi connectivity index (χ4v) is 2.90. The maximum Gasteiger partial charge on any atom is 0.392 e. The van der Waals surface area contributed by atoms with Gasteiger partial charge in [0.2, 0.25) is 0 Å². The zero-order valence-electron chi connectivity index (χ0n) is 13.4. The molecule has 0 atom stereocenters. The SMILES string of the molecule is O=C(N1CCCC1)C(F)(F)C(F)(F)C(F)(F)C(F)(F)C(=O)N1CCCC1. The van der Waals surface area contributed by atoms with Crippen LogP contribution in [0.2, 0.25) is 0 Å². The van der Waals surface area contributed by atoms with E-state index in [1.165, 1.54) is 0 Å². The van der Waals surface area contributed by atoms with Gasteiger partial charge in [0.05, 0.1) is 0 Å². The van der Waals surface area contributed by atoms with Gasteiger partial charge >= 0.3 is 23.7 Å². The molecule has 0 aromatic carbocycles. The molecule has 2 fully saturated rings. The molecule has 150 valence electrons. The minimum atomic E-state index is -6.77. The van der Waals surface area contributed by atoms with Gasteiger partial charge in [-0.1, -0.05) is 0 Å². The number of alkyl halides is 8. The number of amides is 2. The van der Waals surface area contributed by atoms with Crippen LogP contribution in [-0.2, 0) is 9.59 Å². The third-order valence-corrected chi connectivity index (χ3v) is 4.51. The van der Waals surface area contributed by atoms with Crippen molar-refractivity contribution in [2.24, 2.45) is 0 Å². The number of likely N-dealkylation sites (tertiary alicyclic amines) is 2. The summed E-state index contributed by atoms with van der Waals surface area (Å²) in [6.07, 6.45) is 0.752. The van der Waals surface area contributed by atoms with Gasteiger partial charge in [-0.2, -0.15) is 35.1 Å². The first-order valence-corrected chi connectivity index (χ1v) is 7.88. The highest BCUT2D eigenvalue weighted by Gasteiger charge is 2.85. The minimum Gasteiger partial charge on any atom is -0.337 e. The van der Waals surface area contributed by atoms with Gasteiger partial charge in [-0.15, -0.1) is 0 Å². The Balaban J connectivity index is 2.33. The summed E-state index contributed by atoms with van der Waals surface area (Å²) in [6.45, 7) is -1.50. The highest BCUT2D eigenvalue weighted by atomic mass is 19.4. The number of rotatable bonds is 5. The van der Waals surface area contributed by atoms with E-state index in [1.54, 1.807) is 0 Å². The Labute approximate surface area is 143 Å². The predicted octanol–water partition coefficient (Wildman–Crippen LogP) is 2.77. The number of hydrogen-bond donors (Lipinski definition) is 0. The van der Waals surface area contributed by atoms with Gasteiger partial charge in [-0.25, -0.2) is 0 Å². The quantitative estimate of drug-likeness (QED) is 0.671. The zero-order valence-corrected chi connectivity index (χ0v) is 13.4. The van der Waals surface area contributed by atoms with Crippen LogP contribution in [0.15, 0.2) is 0 Å². The summed E-state index contributed by atoms with van der Waals surface area (Å²) in [5, 5.41) is 0. The number of halogens is 8. The summed E-state index contributed by atoms with van der Waals surface area (Å²) in [4.78, 5) is 23.5. The molecule has 2 saturated heterocycles. The van der Waals surface area contributed by atoms with E-state index in [9.17, 15) is 44.7 Å². The molecular weight excluding hydrogens is 380 g/mol. The third-order valence-electron chi connectivity index (χ3n) is 4.51. The molecule has 0 unspecified atom stereocenters. The molecule has 0 radical (unpaired) electrons. The number of hydrogen-bond acceptors (Lipinski definition) is 2. The van der Waals surface area contributed by atoms with E-state index in [0.717, 1.165) is 0 Å². The molecule has 0 N–H and O–H groups in total. The Kier molecular flexibility index (Phi) is 5.19. The lowest BCUT2D eigenvalue weighted by Crippen LogP contribution is -2.69. The Morgan fingerprint density at radius 1 is 0.538 bits per heavy atom. The Bertz CT molecular complexity index is 519. The summed E-state index contributed by atoms with van der Waals surface area (Å²) in [7, 11) is 0. The number of nitrogens with zero attached hydrogens (tertiary/aromatic N) is 2. The summed E-state index contributed by atoms with van der Waals surface area (Å²) < 4.78 is 111. The molecule has 2 rings (SSSR count). The molecule has 26 heavy (non-hydrogen) atoms. The van der Waals surface area contributed by atoms with Crippen LogP contribution in [0, 0.1) is 0 Å². The largest absolute Gasteiger partial charge is 0.392 e. The van der Waals surface area contributed by atoms with Crippen molar-refractivity contribution in [2.75, 3.05) is 26.2 Å². The molecule has 12 heteroatoms. The van der Waals surface area contributed by atoms with Crippen molar-refractivity contribution >= 4 is 11.8 Å². The lowest BCUT2D eigenvalue weighted by molar-refractivity contribution is -0.350. The first kappa shape index (κ1) is 20.7. The highest BCUT2D eigenvalue weighted by molar-refractivity contribution is 5.87. The molecule has 0 spiro atoms. The van der Waals surface area contributed by atoms with E-state index in [4.69, 9.17) is 0 Å². The fraction of sp³-hybridized carbons (Fsp3) is 0.857. The molecule has 0 saturated carbocycles. The van der Waals surface area contributed by atoms with Crippen LogP contribution in [0.3, 0.4) is 0 Å². The zero-order chi connectivity index (χ0) is 20.0. The van der Waals surface area contributed by atoms with Crippen molar-refractivity contribution in [2.45, 2.75) is 49.4 Å². The lowest BCUT2D eigenvalue weighted by Gasteiger charge is -2.37. The molecule has 2 heterocycles. The van der Waals surface area contributed by atoms with E-state index in [0.29, 0.717) is 0 Å². The first-order chi connectivity index (χ1) is 11.8. The minimum absolute atomic E-state index is 0.188. The summed E-state index contributed by atoms with van der Waals surface area (Å²) in [6, 6.07) is 0. The molecule has 0 aromatic rings. The molecular formula is C14H16F8N2O2. The summed E-state index contributed by atoms with van der Waals surface area (Å²) in [5.74, 6) is -31.1. The molecule has 2 aliphatic heterocycles. The Morgan fingerprint density at radius 2 is 0.769 bits per heavy atom. The van der Waals surface area contributed by atoms with E-state index in [1.807, 2.05) is 0 Å². The van der Waals surface area contributed by atoms with Crippen LogP contribution < -0.4 is 0 Å². The van der Waals surface area contributed by atoms with E-state index in [2.05, 4.69) is 0 Å². The number of carbonyl (C=O) groups is 2. The second-order valence-electron chi connectivity index (χ2n) is 6.30. The smallest absolute Gasteiger partial charge is 0.337 e. The van der Waals surface area contributed by atoms with Crippen molar-refractivity contribution in [3.63, 3.8) is 0 Å². The molecule has 0 aromatic heterocycles. The van der Waals surface area contributed by atoms with Gasteiger partial charge in [-0.3, -0.25) is 9.59 Å². The maximum absolute atomic E-state index is 13.8.